The van der Waals surface area contributed by atoms with Crippen LogP contribution in [-0.2, 0) is 0 Å². The Kier molecular flexibility index (Phi) is 4.15. The van der Waals surface area contributed by atoms with E-state index >= 15 is 0 Å². The van der Waals surface area contributed by atoms with Crippen LogP contribution in [0.25, 0.3) is 0 Å². The van der Waals surface area contributed by atoms with Crippen molar-refractivity contribution in [3.63, 3.8) is 0 Å². The van der Waals surface area contributed by atoms with Gasteiger partial charge in [-0.1, -0.05) is 26.9 Å². The lowest BCUT2D eigenvalue weighted by molar-refractivity contribution is 1.06. The van der Waals surface area contributed by atoms with E-state index in [9.17, 15) is 0 Å². The van der Waals surface area contributed by atoms with Crippen molar-refractivity contribution in [2.75, 3.05) is 0 Å². The molecule has 0 aliphatic carbocycles. The van der Waals surface area contributed by atoms with Gasteiger partial charge in [-0.3, -0.25) is 0 Å². The normalized spacial score (nSPS) is 9.50. The molecule has 0 spiro atoms. The molecule has 0 fully saturated rings. The van der Waals surface area contributed by atoms with Gasteiger partial charge in [0.1, 0.15) is 0 Å². The summed E-state index contributed by atoms with van der Waals surface area (Å²) in [6.45, 7) is 6.62. The lowest BCUT2D eigenvalue weighted by Gasteiger charge is -2.16. The molecule has 41 valence electrons. The van der Waals surface area contributed by atoms with Gasteiger partial charge in [0.2, 0.25) is 0 Å². The molecule has 0 saturated carbocycles. The summed E-state index contributed by atoms with van der Waals surface area (Å²) < 4.78 is 1.72. The van der Waals surface area contributed by atoms with Crippen molar-refractivity contribution < 1.29 is 0 Å². The minimum atomic E-state index is 0.426. The van der Waals surface area contributed by atoms with Crippen molar-refractivity contribution >= 4 is 22.2 Å². The summed E-state index contributed by atoms with van der Waals surface area (Å²) in [5.74, 6) is 0. The van der Waals surface area contributed by atoms with Crippen LogP contribution >= 0.6 is 0 Å². The van der Waals surface area contributed by atoms with Crippen LogP contribution in [0.5, 0.6) is 0 Å². The van der Waals surface area contributed by atoms with E-state index in [1.54, 1.807) is 4.63 Å². The Balaban J connectivity index is 3.17. The van der Waals surface area contributed by atoms with Crippen molar-refractivity contribution in [1.82, 2.24) is 4.63 Å². The molecule has 0 aromatic heterocycles. The average Bonchev–Trinajstić information content (AvgIpc) is 1.67. The predicted molar refractivity (Wildman–Crippen MR) is 41.3 cm³/mol. The first-order valence-corrected chi connectivity index (χ1v) is 3.04. The van der Waals surface area contributed by atoms with Gasteiger partial charge in [0.05, 0.1) is 0 Å². The zero-order chi connectivity index (χ0) is 6.57. The first-order chi connectivity index (χ1) is 3.68. The Morgan fingerprint density at radius 3 is 2.25 bits per heavy atom. The zero-order valence-corrected chi connectivity index (χ0v) is 5.89. The summed E-state index contributed by atoms with van der Waals surface area (Å²) in [4.78, 5) is 0. The average molecular weight is 106 g/mol. The minimum Gasteiger partial charge on any atom is -0.442 e. The number of hydrogen-bond acceptors (Lipinski definition) is 1. The molecule has 0 bridgehead atoms. The van der Waals surface area contributed by atoms with Crippen LogP contribution in [0.3, 0.4) is 0 Å². The van der Waals surface area contributed by atoms with Gasteiger partial charge in [-0.15, -0.1) is 0 Å². The molecule has 4 heteroatoms. The van der Waals surface area contributed by atoms with E-state index in [2.05, 4.69) is 20.6 Å². The smallest absolute Gasteiger partial charge is 0.192 e. The lowest BCUT2D eigenvalue weighted by atomic mass is 9.56. The largest absolute Gasteiger partial charge is 0.442 e. The molecule has 3 radical (unpaired) electrons. The van der Waals surface area contributed by atoms with Crippen LogP contribution < -0.4 is 0 Å². The molecule has 0 aromatic rings. The van der Waals surface area contributed by atoms with Gasteiger partial charge in [0.25, 0.3) is 0 Å². The van der Waals surface area contributed by atoms with Gasteiger partial charge in [-0.05, 0) is 0 Å². The van der Waals surface area contributed by atoms with Crippen molar-refractivity contribution in [2.45, 2.75) is 26.9 Å². The highest BCUT2D eigenvalue weighted by molar-refractivity contribution is 6.69. The molecule has 0 unspecified atom stereocenters. The molecular weight excluding hydrogens is 94.5 g/mol. The second-order valence-electron chi connectivity index (χ2n) is 2.13. The van der Waals surface area contributed by atoms with Crippen LogP contribution in [-0.4, -0.2) is 26.9 Å². The number of nitrogens with zero attached hydrogens (tertiary/aromatic N) is 1. The SMILES string of the molecule is [B]N([B]CC)B(C)C. The summed E-state index contributed by atoms with van der Waals surface area (Å²) >= 11 is 0. The van der Waals surface area contributed by atoms with E-state index in [0.29, 0.717) is 6.85 Å². The fourth-order valence-electron chi connectivity index (χ4n) is 0.422. The molecule has 0 aliphatic rings. The summed E-state index contributed by atoms with van der Waals surface area (Å²) in [7, 11) is 7.48. The van der Waals surface area contributed by atoms with E-state index < -0.39 is 0 Å². The molecule has 0 aromatic carbocycles. The number of hydrogen-bond donors (Lipinski definition) is 0. The third-order valence-corrected chi connectivity index (χ3v) is 0.990. The van der Waals surface area contributed by atoms with E-state index in [1.165, 1.54) is 0 Å². The maximum Gasteiger partial charge on any atom is 0.192 e. The third kappa shape index (κ3) is 3.19. The van der Waals surface area contributed by atoms with Crippen molar-refractivity contribution in [3.05, 3.63) is 0 Å². The highest BCUT2D eigenvalue weighted by Gasteiger charge is 2.03. The van der Waals surface area contributed by atoms with Gasteiger partial charge in [-0.25, -0.2) is 0 Å². The van der Waals surface area contributed by atoms with Crippen LogP contribution in [0.2, 0.25) is 20.0 Å². The zero-order valence-electron chi connectivity index (χ0n) is 5.89. The molecular formula is C4H11B3N. The third-order valence-electron chi connectivity index (χ3n) is 0.990. The Labute approximate surface area is 54.6 Å². The molecule has 1 nitrogen and oxygen atoms in total. The Hall–Kier alpha value is 0.155. The molecule has 0 aliphatic heterocycles. The molecule has 0 amide bonds. The van der Waals surface area contributed by atoms with Crippen LogP contribution in [0.1, 0.15) is 6.92 Å². The Morgan fingerprint density at radius 1 is 1.62 bits per heavy atom. The Morgan fingerprint density at radius 2 is 2.12 bits per heavy atom. The van der Waals surface area contributed by atoms with Gasteiger partial charge >= 0.3 is 0 Å². The van der Waals surface area contributed by atoms with Crippen molar-refractivity contribution in [2.24, 2.45) is 0 Å². The van der Waals surface area contributed by atoms with E-state index in [0.717, 1.165) is 6.32 Å². The van der Waals surface area contributed by atoms with Gasteiger partial charge in [-0.2, -0.15) is 0 Å². The first kappa shape index (κ1) is 8.15. The molecule has 0 atom stereocenters. The van der Waals surface area contributed by atoms with Gasteiger partial charge in [0.15, 0.2) is 22.2 Å². The molecule has 8 heavy (non-hydrogen) atoms. The Bertz CT molecular complexity index is 57.2. The van der Waals surface area contributed by atoms with E-state index in [1.807, 2.05) is 7.41 Å². The molecule has 0 N–H and O–H groups in total. The quantitative estimate of drug-likeness (QED) is 0.477. The minimum absolute atomic E-state index is 0.426. The lowest BCUT2D eigenvalue weighted by Crippen LogP contribution is -2.34. The van der Waals surface area contributed by atoms with Crippen LogP contribution in [0, 0.1) is 0 Å². The molecule has 0 heterocycles. The summed E-state index contributed by atoms with van der Waals surface area (Å²) in [5, 5.41) is 0. The predicted octanol–water partition coefficient (Wildman–Crippen LogP) is 0.680. The first-order valence-electron chi connectivity index (χ1n) is 3.04. The van der Waals surface area contributed by atoms with Gasteiger partial charge in [0, 0.05) is 0 Å². The maximum atomic E-state index is 5.50. The topological polar surface area (TPSA) is 3.24 Å². The summed E-state index contributed by atoms with van der Waals surface area (Å²) in [6, 6.07) is 0. The summed E-state index contributed by atoms with van der Waals surface area (Å²) in [6.07, 6.45) is 1.01. The van der Waals surface area contributed by atoms with Crippen LogP contribution in [0.15, 0.2) is 0 Å². The van der Waals surface area contributed by atoms with E-state index in [4.69, 9.17) is 7.98 Å². The fourth-order valence-corrected chi connectivity index (χ4v) is 0.422. The van der Waals surface area contributed by atoms with Crippen LogP contribution in [0.4, 0.5) is 0 Å². The molecule has 0 rings (SSSR count). The second kappa shape index (κ2) is 4.08. The standard InChI is InChI=1S/C4H11B3N/c1-4-6-8(5)7(2)3/h4H2,1-3H3. The fraction of sp³-hybridized carbons (Fsp3) is 1.00. The maximum absolute atomic E-state index is 5.50. The van der Waals surface area contributed by atoms with E-state index in [-0.39, 0.29) is 0 Å². The highest BCUT2D eigenvalue weighted by Crippen LogP contribution is 1.87. The second-order valence-corrected chi connectivity index (χ2v) is 2.13. The monoisotopic (exact) mass is 106 g/mol. The van der Waals surface area contributed by atoms with Gasteiger partial charge < -0.3 is 4.63 Å². The summed E-state index contributed by atoms with van der Waals surface area (Å²) in [5.41, 5.74) is 0. The number of rotatable bonds is 3. The highest BCUT2D eigenvalue weighted by atomic mass is 14.8. The van der Waals surface area contributed by atoms with Crippen molar-refractivity contribution in [1.29, 1.82) is 0 Å². The molecule has 0 saturated heterocycles. The van der Waals surface area contributed by atoms with Crippen molar-refractivity contribution in [3.8, 4) is 0 Å².